The summed E-state index contributed by atoms with van der Waals surface area (Å²) >= 11 is 0. The van der Waals surface area contributed by atoms with Crippen molar-refractivity contribution < 1.29 is 47.2 Å². The number of amides is 2. The summed E-state index contributed by atoms with van der Waals surface area (Å²) in [5, 5.41) is 23.7. The molecule has 1 heterocycles. The number of benzene rings is 1. The molecular formula is C25H37F3N2O7. The molecule has 2 amide bonds. The summed E-state index contributed by atoms with van der Waals surface area (Å²) in [6.45, 7) is 3.76. The lowest BCUT2D eigenvalue weighted by Gasteiger charge is -2.46. The number of ether oxygens (including phenoxy) is 3. The third-order valence-corrected chi connectivity index (χ3v) is 6.14. The van der Waals surface area contributed by atoms with Crippen LogP contribution in [0.2, 0.25) is 0 Å². The number of carbonyl (C=O) groups is 2. The lowest BCUT2D eigenvalue weighted by atomic mass is 9.93. The number of carboxylic acid groups (broad SMARTS) is 1. The van der Waals surface area contributed by atoms with Crippen molar-refractivity contribution in [3.63, 3.8) is 0 Å². The predicted molar refractivity (Wildman–Crippen MR) is 128 cm³/mol. The van der Waals surface area contributed by atoms with E-state index in [0.29, 0.717) is 17.9 Å². The van der Waals surface area contributed by atoms with Gasteiger partial charge in [0.2, 0.25) is 5.91 Å². The molecule has 2 rings (SSSR count). The number of carbonyl (C=O) groups excluding carboxylic acids is 1. The molecule has 0 saturated carbocycles. The highest BCUT2D eigenvalue weighted by molar-refractivity contribution is 5.73. The Bertz CT molecular complexity index is 903. The molecular weight excluding hydrogens is 497 g/mol. The fraction of sp³-hybridized carbons (Fsp3) is 0.680. The Hall–Kier alpha value is -2.57. The van der Waals surface area contributed by atoms with Crippen molar-refractivity contribution in [1.82, 2.24) is 10.2 Å². The first kappa shape index (κ1) is 30.7. The lowest BCUT2D eigenvalue weighted by molar-refractivity contribution is -0.234. The molecule has 3 N–H and O–H groups in total. The molecule has 1 saturated heterocycles. The van der Waals surface area contributed by atoms with E-state index in [1.807, 2.05) is 6.92 Å². The molecule has 210 valence electrons. The number of nitrogens with zero attached hydrogens (tertiary/aromatic N) is 1. The minimum absolute atomic E-state index is 0.0232. The first-order chi connectivity index (χ1) is 17.4. The number of halogens is 3. The number of hydrogen-bond donors (Lipinski definition) is 3. The summed E-state index contributed by atoms with van der Waals surface area (Å²) < 4.78 is 57.2. The van der Waals surface area contributed by atoms with E-state index < -0.39 is 67.1 Å². The van der Waals surface area contributed by atoms with Gasteiger partial charge in [-0.1, -0.05) is 13.8 Å². The molecule has 1 aromatic rings. The predicted octanol–water partition coefficient (Wildman–Crippen LogP) is 3.08. The first-order valence-electron chi connectivity index (χ1n) is 12.2. The van der Waals surface area contributed by atoms with Gasteiger partial charge in [0.05, 0.1) is 57.4 Å². The number of alkyl halides is 2. The molecule has 0 radical (unpaired) electrons. The van der Waals surface area contributed by atoms with Gasteiger partial charge >= 0.3 is 6.09 Å². The van der Waals surface area contributed by atoms with E-state index in [-0.39, 0.29) is 19.6 Å². The van der Waals surface area contributed by atoms with Crippen LogP contribution in [0.3, 0.4) is 0 Å². The Morgan fingerprint density at radius 1 is 1.30 bits per heavy atom. The average Bonchev–Trinajstić information content (AvgIpc) is 2.84. The molecule has 0 aliphatic carbocycles. The van der Waals surface area contributed by atoms with E-state index in [1.54, 1.807) is 6.07 Å². The SMILES string of the molecule is CCCOc1cc(F)cc(CC(NC(C)=O)C(O)C2COC(OCC(C)(CF)CF)C(C)N2C(=O)O)c1. The zero-order valence-corrected chi connectivity index (χ0v) is 21.6. The molecule has 0 bridgehead atoms. The fourth-order valence-corrected chi connectivity index (χ4v) is 4.09. The van der Waals surface area contributed by atoms with Gasteiger partial charge in [-0.05, 0) is 37.5 Å². The van der Waals surface area contributed by atoms with E-state index in [1.165, 1.54) is 32.9 Å². The van der Waals surface area contributed by atoms with Gasteiger partial charge in [0.15, 0.2) is 6.29 Å². The van der Waals surface area contributed by atoms with Crippen LogP contribution >= 0.6 is 0 Å². The third kappa shape index (κ3) is 8.47. The largest absolute Gasteiger partial charge is 0.493 e. The second-order valence-electron chi connectivity index (χ2n) is 9.73. The van der Waals surface area contributed by atoms with Crippen LogP contribution < -0.4 is 10.1 Å². The fourth-order valence-electron chi connectivity index (χ4n) is 4.09. The molecule has 37 heavy (non-hydrogen) atoms. The minimum atomic E-state index is -1.45. The van der Waals surface area contributed by atoms with Crippen LogP contribution in [0, 0.1) is 11.2 Å². The van der Waals surface area contributed by atoms with Crippen molar-refractivity contribution in [2.24, 2.45) is 5.41 Å². The summed E-state index contributed by atoms with van der Waals surface area (Å²) in [5.41, 5.74) is -0.970. The molecule has 1 fully saturated rings. The van der Waals surface area contributed by atoms with Crippen LogP contribution in [0.1, 0.15) is 39.7 Å². The van der Waals surface area contributed by atoms with Gasteiger partial charge in [-0.2, -0.15) is 0 Å². The standard InChI is InChI=1S/C25H37F3N2O7/c1-5-6-35-19-8-17(7-18(28)10-19)9-20(29-16(3)31)22(32)21-11-36-23(15(2)30(21)24(33)34)37-14-25(4,12-26)13-27/h7-8,10,15,20-23,32H,5-6,9,11-14H2,1-4H3,(H,29,31)(H,33,34). The van der Waals surface area contributed by atoms with Gasteiger partial charge in [-0.15, -0.1) is 0 Å². The number of aliphatic hydroxyl groups is 1. The Kier molecular flexibility index (Phi) is 11.5. The van der Waals surface area contributed by atoms with Gasteiger partial charge in [0.1, 0.15) is 11.6 Å². The third-order valence-electron chi connectivity index (χ3n) is 6.14. The topological polar surface area (TPSA) is 118 Å². The molecule has 12 heteroatoms. The van der Waals surface area contributed by atoms with E-state index in [0.717, 1.165) is 11.3 Å². The monoisotopic (exact) mass is 534 g/mol. The van der Waals surface area contributed by atoms with E-state index in [2.05, 4.69) is 5.32 Å². The number of aliphatic hydroxyl groups excluding tert-OH is 1. The van der Waals surface area contributed by atoms with Crippen molar-refractivity contribution in [2.45, 2.75) is 71.1 Å². The second kappa shape index (κ2) is 13.8. The molecule has 9 nitrogen and oxygen atoms in total. The van der Waals surface area contributed by atoms with Crippen molar-refractivity contribution >= 4 is 12.0 Å². The van der Waals surface area contributed by atoms with Gasteiger partial charge in [0, 0.05) is 18.4 Å². The van der Waals surface area contributed by atoms with Gasteiger partial charge in [-0.3, -0.25) is 18.5 Å². The Labute approximate surface area is 214 Å². The van der Waals surface area contributed by atoms with Crippen LogP contribution in [0.4, 0.5) is 18.0 Å². The minimum Gasteiger partial charge on any atom is -0.493 e. The summed E-state index contributed by atoms with van der Waals surface area (Å²) in [6.07, 6.45) is -3.26. The maximum atomic E-state index is 14.2. The zero-order chi connectivity index (χ0) is 27.8. The summed E-state index contributed by atoms with van der Waals surface area (Å²) in [5.74, 6) is -0.745. The Morgan fingerprint density at radius 2 is 1.97 bits per heavy atom. The Morgan fingerprint density at radius 3 is 2.54 bits per heavy atom. The highest BCUT2D eigenvalue weighted by Gasteiger charge is 2.45. The van der Waals surface area contributed by atoms with Crippen LogP contribution in [-0.2, 0) is 20.7 Å². The van der Waals surface area contributed by atoms with Gasteiger partial charge < -0.3 is 29.7 Å². The summed E-state index contributed by atoms with van der Waals surface area (Å²) in [7, 11) is 0. The van der Waals surface area contributed by atoms with Gasteiger partial charge in [0.25, 0.3) is 0 Å². The number of morpholine rings is 1. The maximum absolute atomic E-state index is 14.2. The maximum Gasteiger partial charge on any atom is 0.408 e. The van der Waals surface area contributed by atoms with Crippen molar-refractivity contribution in [2.75, 3.05) is 33.2 Å². The second-order valence-corrected chi connectivity index (χ2v) is 9.73. The molecule has 1 aliphatic heterocycles. The highest BCUT2D eigenvalue weighted by Crippen LogP contribution is 2.27. The number of hydrogen-bond acceptors (Lipinski definition) is 6. The zero-order valence-electron chi connectivity index (χ0n) is 21.6. The quantitative estimate of drug-likeness (QED) is 0.356. The molecule has 1 aliphatic rings. The van der Waals surface area contributed by atoms with Crippen LogP contribution in [0.15, 0.2) is 18.2 Å². The molecule has 1 aromatic carbocycles. The van der Waals surface area contributed by atoms with Crippen LogP contribution in [-0.4, -0.2) is 90.8 Å². The average molecular weight is 535 g/mol. The molecule has 0 aromatic heterocycles. The molecule has 0 spiro atoms. The smallest absolute Gasteiger partial charge is 0.408 e. The van der Waals surface area contributed by atoms with Crippen molar-refractivity contribution in [3.05, 3.63) is 29.6 Å². The van der Waals surface area contributed by atoms with E-state index in [4.69, 9.17) is 14.2 Å². The van der Waals surface area contributed by atoms with E-state index >= 15 is 0 Å². The summed E-state index contributed by atoms with van der Waals surface area (Å²) in [6, 6.07) is 0.985. The van der Waals surface area contributed by atoms with Gasteiger partial charge in [-0.25, -0.2) is 9.18 Å². The normalized spacial score (nSPS) is 21.8. The summed E-state index contributed by atoms with van der Waals surface area (Å²) in [4.78, 5) is 25.0. The van der Waals surface area contributed by atoms with Crippen LogP contribution in [0.5, 0.6) is 5.75 Å². The Balaban J connectivity index is 2.24. The number of rotatable bonds is 13. The van der Waals surface area contributed by atoms with Crippen molar-refractivity contribution in [3.8, 4) is 5.75 Å². The van der Waals surface area contributed by atoms with Crippen LogP contribution in [0.25, 0.3) is 0 Å². The number of nitrogens with one attached hydrogen (secondary N) is 1. The molecule has 5 atom stereocenters. The highest BCUT2D eigenvalue weighted by atomic mass is 19.1. The first-order valence-corrected chi connectivity index (χ1v) is 12.2. The lowest BCUT2D eigenvalue weighted by Crippen LogP contribution is -2.65. The van der Waals surface area contributed by atoms with E-state index in [9.17, 15) is 33.0 Å². The molecule has 5 unspecified atom stereocenters. The van der Waals surface area contributed by atoms with Crippen molar-refractivity contribution in [1.29, 1.82) is 0 Å².